The standard InChI is InChI=1S/C17H16BrNO2/c1-12(2)11-21-16-5-3-4-15(10-16)19-17(20)13-6-8-14(18)9-7-13/h3-10H,1,11H2,2H3,(H,19,20). The lowest BCUT2D eigenvalue weighted by molar-refractivity contribution is 0.102. The first-order valence-corrected chi connectivity index (χ1v) is 7.28. The molecule has 1 amide bonds. The normalized spacial score (nSPS) is 10.0. The third-order valence-electron chi connectivity index (χ3n) is 2.68. The van der Waals surface area contributed by atoms with Crippen molar-refractivity contribution in [3.05, 3.63) is 70.7 Å². The van der Waals surface area contributed by atoms with E-state index in [4.69, 9.17) is 4.74 Å². The van der Waals surface area contributed by atoms with Crippen LogP contribution in [0.3, 0.4) is 0 Å². The molecular weight excluding hydrogens is 330 g/mol. The Labute approximate surface area is 132 Å². The number of halogens is 1. The molecule has 0 fully saturated rings. The topological polar surface area (TPSA) is 38.3 Å². The molecule has 0 bridgehead atoms. The Morgan fingerprint density at radius 2 is 1.95 bits per heavy atom. The van der Waals surface area contributed by atoms with E-state index in [1.54, 1.807) is 18.2 Å². The van der Waals surface area contributed by atoms with Crippen molar-refractivity contribution in [1.29, 1.82) is 0 Å². The average Bonchev–Trinajstić information content (AvgIpc) is 2.46. The monoisotopic (exact) mass is 345 g/mol. The van der Waals surface area contributed by atoms with E-state index < -0.39 is 0 Å². The average molecular weight is 346 g/mol. The van der Waals surface area contributed by atoms with Gasteiger partial charge in [-0.25, -0.2) is 0 Å². The summed E-state index contributed by atoms with van der Waals surface area (Å²) < 4.78 is 6.49. The molecule has 3 nitrogen and oxygen atoms in total. The molecule has 0 heterocycles. The van der Waals surface area contributed by atoms with E-state index >= 15 is 0 Å². The van der Waals surface area contributed by atoms with Crippen LogP contribution in [0.25, 0.3) is 0 Å². The summed E-state index contributed by atoms with van der Waals surface area (Å²) in [6.45, 7) is 6.15. The molecule has 2 rings (SSSR count). The number of anilines is 1. The van der Waals surface area contributed by atoms with E-state index in [-0.39, 0.29) is 5.91 Å². The molecule has 1 N–H and O–H groups in total. The number of benzene rings is 2. The van der Waals surface area contributed by atoms with Crippen molar-refractivity contribution in [1.82, 2.24) is 0 Å². The summed E-state index contributed by atoms with van der Waals surface area (Å²) in [6, 6.07) is 14.5. The maximum Gasteiger partial charge on any atom is 0.255 e. The van der Waals surface area contributed by atoms with Gasteiger partial charge in [-0.05, 0) is 48.9 Å². The lowest BCUT2D eigenvalue weighted by atomic mass is 10.2. The van der Waals surface area contributed by atoms with Crippen LogP contribution < -0.4 is 10.1 Å². The molecule has 0 aliphatic heterocycles. The molecule has 0 saturated heterocycles. The molecule has 0 radical (unpaired) electrons. The highest BCUT2D eigenvalue weighted by molar-refractivity contribution is 9.10. The quantitative estimate of drug-likeness (QED) is 0.800. The molecule has 0 aromatic heterocycles. The van der Waals surface area contributed by atoms with E-state index in [0.29, 0.717) is 23.6 Å². The lowest BCUT2D eigenvalue weighted by Crippen LogP contribution is -2.11. The van der Waals surface area contributed by atoms with Gasteiger partial charge in [-0.3, -0.25) is 4.79 Å². The van der Waals surface area contributed by atoms with E-state index in [2.05, 4.69) is 27.8 Å². The number of carbonyl (C=O) groups is 1. The molecule has 0 saturated carbocycles. The first kappa shape index (κ1) is 15.3. The molecule has 4 heteroatoms. The van der Waals surface area contributed by atoms with Crippen LogP contribution in [0, 0.1) is 0 Å². The Morgan fingerprint density at radius 3 is 2.62 bits per heavy atom. The molecule has 21 heavy (non-hydrogen) atoms. The zero-order valence-corrected chi connectivity index (χ0v) is 13.3. The number of hydrogen-bond donors (Lipinski definition) is 1. The van der Waals surface area contributed by atoms with Crippen LogP contribution in [0.15, 0.2) is 65.2 Å². The molecule has 2 aromatic rings. The molecule has 0 atom stereocenters. The van der Waals surface area contributed by atoms with Crippen molar-refractivity contribution in [2.24, 2.45) is 0 Å². The largest absolute Gasteiger partial charge is 0.489 e. The van der Waals surface area contributed by atoms with Gasteiger partial charge < -0.3 is 10.1 Å². The van der Waals surface area contributed by atoms with Crippen molar-refractivity contribution in [3.63, 3.8) is 0 Å². The second kappa shape index (κ2) is 7.09. The number of rotatable bonds is 5. The van der Waals surface area contributed by atoms with Crippen molar-refractivity contribution < 1.29 is 9.53 Å². The van der Waals surface area contributed by atoms with E-state index in [1.165, 1.54) is 0 Å². The zero-order chi connectivity index (χ0) is 15.2. The minimum atomic E-state index is -0.153. The minimum Gasteiger partial charge on any atom is -0.489 e. The first-order chi connectivity index (χ1) is 10.0. The Hall–Kier alpha value is -2.07. The first-order valence-electron chi connectivity index (χ1n) is 6.49. The van der Waals surface area contributed by atoms with Gasteiger partial charge >= 0.3 is 0 Å². The van der Waals surface area contributed by atoms with Crippen molar-refractivity contribution in [2.45, 2.75) is 6.92 Å². The Morgan fingerprint density at radius 1 is 1.24 bits per heavy atom. The maximum absolute atomic E-state index is 12.1. The summed E-state index contributed by atoms with van der Waals surface area (Å²) in [5.41, 5.74) is 2.24. The second-order valence-corrected chi connectivity index (χ2v) is 5.65. The third-order valence-corrected chi connectivity index (χ3v) is 3.21. The van der Waals surface area contributed by atoms with E-state index in [9.17, 15) is 4.79 Å². The fourth-order valence-corrected chi connectivity index (χ4v) is 1.94. The summed E-state index contributed by atoms with van der Waals surface area (Å²) >= 11 is 3.34. The van der Waals surface area contributed by atoms with Gasteiger partial charge in [0.2, 0.25) is 0 Å². The van der Waals surface area contributed by atoms with Crippen LogP contribution in [-0.2, 0) is 0 Å². The molecule has 0 aliphatic rings. The van der Waals surface area contributed by atoms with Crippen LogP contribution in [0.1, 0.15) is 17.3 Å². The SMILES string of the molecule is C=C(C)COc1cccc(NC(=O)c2ccc(Br)cc2)c1. The smallest absolute Gasteiger partial charge is 0.255 e. The van der Waals surface area contributed by atoms with Gasteiger partial charge in [0.25, 0.3) is 5.91 Å². The van der Waals surface area contributed by atoms with Crippen molar-refractivity contribution in [3.8, 4) is 5.75 Å². The van der Waals surface area contributed by atoms with Gasteiger partial charge in [-0.1, -0.05) is 28.6 Å². The van der Waals surface area contributed by atoms with Gasteiger partial charge in [0, 0.05) is 21.8 Å². The highest BCUT2D eigenvalue weighted by Gasteiger charge is 2.06. The fraction of sp³-hybridized carbons (Fsp3) is 0.118. The van der Waals surface area contributed by atoms with Crippen LogP contribution in [0.5, 0.6) is 5.75 Å². The second-order valence-electron chi connectivity index (χ2n) is 4.73. The van der Waals surface area contributed by atoms with Gasteiger partial charge in [-0.15, -0.1) is 0 Å². The molecule has 0 unspecified atom stereocenters. The minimum absolute atomic E-state index is 0.153. The third kappa shape index (κ3) is 4.76. The van der Waals surface area contributed by atoms with Gasteiger partial charge in [0.05, 0.1) is 0 Å². The molecular formula is C17H16BrNO2. The number of ether oxygens (including phenoxy) is 1. The summed E-state index contributed by atoms with van der Waals surface area (Å²) in [5, 5.41) is 2.85. The highest BCUT2D eigenvalue weighted by Crippen LogP contribution is 2.19. The molecule has 0 spiro atoms. The number of hydrogen-bond acceptors (Lipinski definition) is 2. The predicted molar refractivity (Wildman–Crippen MR) is 88.8 cm³/mol. The Balaban J connectivity index is 2.05. The van der Waals surface area contributed by atoms with E-state index in [0.717, 1.165) is 10.0 Å². The maximum atomic E-state index is 12.1. The Kier molecular flexibility index (Phi) is 5.17. The van der Waals surface area contributed by atoms with Crippen LogP contribution in [0.2, 0.25) is 0 Å². The predicted octanol–water partition coefficient (Wildman–Crippen LogP) is 4.66. The van der Waals surface area contributed by atoms with Crippen molar-refractivity contribution >= 4 is 27.5 Å². The summed E-state index contributed by atoms with van der Waals surface area (Å²) in [4.78, 5) is 12.1. The zero-order valence-electron chi connectivity index (χ0n) is 11.7. The molecule has 2 aromatic carbocycles. The lowest BCUT2D eigenvalue weighted by Gasteiger charge is -2.09. The van der Waals surface area contributed by atoms with Crippen LogP contribution >= 0.6 is 15.9 Å². The number of nitrogens with one attached hydrogen (secondary N) is 1. The summed E-state index contributed by atoms with van der Waals surface area (Å²) in [6.07, 6.45) is 0. The fourth-order valence-electron chi connectivity index (χ4n) is 1.67. The number of carbonyl (C=O) groups excluding carboxylic acids is 1. The number of amides is 1. The molecule has 0 aliphatic carbocycles. The summed E-state index contributed by atoms with van der Waals surface area (Å²) in [7, 11) is 0. The highest BCUT2D eigenvalue weighted by atomic mass is 79.9. The van der Waals surface area contributed by atoms with Crippen molar-refractivity contribution in [2.75, 3.05) is 11.9 Å². The van der Waals surface area contributed by atoms with Crippen LogP contribution in [-0.4, -0.2) is 12.5 Å². The van der Waals surface area contributed by atoms with Crippen LogP contribution in [0.4, 0.5) is 5.69 Å². The van der Waals surface area contributed by atoms with Gasteiger partial charge in [0.15, 0.2) is 0 Å². The summed E-state index contributed by atoms with van der Waals surface area (Å²) in [5.74, 6) is 0.547. The Bertz CT molecular complexity index is 650. The van der Waals surface area contributed by atoms with Gasteiger partial charge in [-0.2, -0.15) is 0 Å². The van der Waals surface area contributed by atoms with Gasteiger partial charge in [0.1, 0.15) is 12.4 Å². The van der Waals surface area contributed by atoms with E-state index in [1.807, 2.05) is 37.3 Å². The molecule has 108 valence electrons.